The number of ether oxygens (including phenoxy) is 1. The zero-order valence-corrected chi connectivity index (χ0v) is 19.9. The van der Waals surface area contributed by atoms with E-state index < -0.39 is 0 Å². The van der Waals surface area contributed by atoms with Crippen LogP contribution in [0.2, 0.25) is 0 Å². The Bertz CT molecular complexity index is 685. The van der Waals surface area contributed by atoms with Crippen LogP contribution in [0.1, 0.15) is 60.6 Å². The van der Waals surface area contributed by atoms with Gasteiger partial charge in [0.2, 0.25) is 0 Å². The van der Waals surface area contributed by atoms with E-state index in [9.17, 15) is 4.79 Å². The number of nitrogens with one attached hydrogen (secondary N) is 2. The van der Waals surface area contributed by atoms with E-state index in [2.05, 4.69) is 31.9 Å². The van der Waals surface area contributed by atoms with Crippen LogP contribution in [0.3, 0.4) is 0 Å². The van der Waals surface area contributed by atoms with Gasteiger partial charge in [0, 0.05) is 0 Å². The van der Waals surface area contributed by atoms with Crippen molar-refractivity contribution in [2.24, 2.45) is 5.92 Å². The van der Waals surface area contributed by atoms with Crippen molar-refractivity contribution in [3.8, 4) is 0 Å². The van der Waals surface area contributed by atoms with Gasteiger partial charge >= 0.3 is 132 Å². The number of anilines is 1. The molecule has 0 bridgehead atoms. The first-order valence-electron chi connectivity index (χ1n) is 8.73. The van der Waals surface area contributed by atoms with Crippen LogP contribution in [-0.4, -0.2) is 51.7 Å². The second kappa shape index (κ2) is 10.1. The summed E-state index contributed by atoms with van der Waals surface area (Å²) in [5, 5.41) is 0. The minimum absolute atomic E-state index is 0.0938. The summed E-state index contributed by atoms with van der Waals surface area (Å²) in [5.41, 5.74) is 0.741. The van der Waals surface area contributed by atoms with Crippen molar-refractivity contribution in [2.75, 3.05) is 3.13 Å². The van der Waals surface area contributed by atoms with Crippen LogP contribution < -0.4 is 8.69 Å². The molecule has 0 saturated carbocycles. The molecule has 7 nitrogen and oxygen atoms in total. The summed E-state index contributed by atoms with van der Waals surface area (Å²) in [6.45, 7) is 12.3. The van der Waals surface area contributed by atoms with Crippen LogP contribution in [0.25, 0.3) is 11.2 Å². The molecule has 3 heterocycles. The first-order valence-corrected chi connectivity index (χ1v) is 11.0. The number of hydrogen-bond donors (Lipinski definition) is 2. The average molecular weight is 527 g/mol. The Balaban J connectivity index is 0.000000671. The number of nitrogens with zero attached hydrogens (tertiary/aromatic N) is 3. The number of imidazole rings is 1. The van der Waals surface area contributed by atoms with E-state index in [1.165, 1.54) is 0 Å². The predicted molar refractivity (Wildman–Crippen MR) is 98.2 cm³/mol. The van der Waals surface area contributed by atoms with Gasteiger partial charge in [0.05, 0.1) is 0 Å². The molecule has 0 aliphatic carbocycles. The zero-order valence-electron chi connectivity index (χ0n) is 15.5. The molecule has 8 heteroatoms. The Kier molecular flexibility index (Phi) is 8.89. The van der Waals surface area contributed by atoms with E-state index in [1.807, 2.05) is 32.3 Å². The molecule has 1 saturated heterocycles. The molecule has 3 atom stereocenters. The molecule has 2 aromatic heterocycles. The summed E-state index contributed by atoms with van der Waals surface area (Å²) in [7, 11) is 0. The molecule has 0 amide bonds. The monoisotopic (exact) mass is 527 g/mol. The van der Waals surface area contributed by atoms with Crippen LogP contribution in [0.5, 0.6) is 0 Å². The third-order valence-electron chi connectivity index (χ3n) is 3.75. The summed E-state index contributed by atoms with van der Waals surface area (Å²) >= 11 is 0.517. The SMILES string of the molecule is CC.CC.CCC1CC(C)C(n2cnc3c(=O)[nH]c([NH][Tl])nc32)O1. The topological polar surface area (TPSA) is 84.8 Å². The first kappa shape index (κ1) is 21.1. The summed E-state index contributed by atoms with van der Waals surface area (Å²) in [4.78, 5) is 23.3. The van der Waals surface area contributed by atoms with Crippen molar-refractivity contribution in [3.63, 3.8) is 0 Å². The van der Waals surface area contributed by atoms with E-state index in [1.54, 1.807) is 6.33 Å². The van der Waals surface area contributed by atoms with Gasteiger partial charge in [-0.05, 0) is 0 Å². The van der Waals surface area contributed by atoms with Crippen LogP contribution in [0, 0.1) is 5.92 Å². The van der Waals surface area contributed by atoms with Crippen molar-refractivity contribution < 1.29 is 4.74 Å². The first-order chi connectivity index (χ1) is 11.6. The fourth-order valence-corrected chi connectivity index (χ4v) is 3.23. The second-order valence-corrected chi connectivity index (χ2v) is 6.28. The van der Waals surface area contributed by atoms with Gasteiger partial charge in [0.1, 0.15) is 0 Å². The van der Waals surface area contributed by atoms with Gasteiger partial charge in [-0.1, -0.05) is 27.7 Å². The molecule has 1 aliphatic rings. The van der Waals surface area contributed by atoms with Gasteiger partial charge in [-0.15, -0.1) is 0 Å². The molecule has 0 radical (unpaired) electrons. The number of fused-ring (bicyclic) bond motifs is 1. The quantitative estimate of drug-likeness (QED) is 0.601. The van der Waals surface area contributed by atoms with Gasteiger partial charge in [-0.25, -0.2) is 0 Å². The molecule has 1 fully saturated rings. The van der Waals surface area contributed by atoms with Crippen molar-refractivity contribution in [3.05, 3.63) is 16.7 Å². The Morgan fingerprint density at radius 1 is 1.42 bits per heavy atom. The molecule has 132 valence electrons. The van der Waals surface area contributed by atoms with Gasteiger partial charge in [-0.3, -0.25) is 0 Å². The molecule has 24 heavy (non-hydrogen) atoms. The molecule has 0 aromatic carbocycles. The number of H-pyrrole nitrogens is 1. The molecular formula is C16H28N5O2Tl. The van der Waals surface area contributed by atoms with Gasteiger partial charge in [0.15, 0.2) is 0 Å². The molecule has 0 spiro atoms. The van der Waals surface area contributed by atoms with Crippen molar-refractivity contribution in [2.45, 2.75) is 66.7 Å². The van der Waals surface area contributed by atoms with E-state index in [-0.39, 0.29) is 17.9 Å². The molecule has 3 unspecified atom stereocenters. The standard InChI is InChI=1S/C12H17N5O2.2C2H6.Tl/c1-3-7-4-6(2)11(19-7)17-5-14-8-9(17)15-12(13)16-10(8)18;2*1-2;/h5-7,11H,3-4H2,1-2H3,(H3,13,15,16,18);2*1-2H3;/q;;;+1/p-1. The maximum absolute atomic E-state index is 12.0. The van der Waals surface area contributed by atoms with E-state index in [0.29, 0.717) is 49.1 Å². The molecule has 2 N–H and O–H groups in total. The van der Waals surface area contributed by atoms with Crippen LogP contribution in [-0.2, 0) is 4.74 Å². The van der Waals surface area contributed by atoms with Gasteiger partial charge < -0.3 is 0 Å². The van der Waals surface area contributed by atoms with Gasteiger partial charge in [-0.2, -0.15) is 0 Å². The van der Waals surface area contributed by atoms with E-state index >= 15 is 0 Å². The summed E-state index contributed by atoms with van der Waals surface area (Å²) in [5.74, 6) is 0.889. The molecule has 2 aromatic rings. The van der Waals surface area contributed by atoms with Crippen LogP contribution in [0.4, 0.5) is 5.95 Å². The summed E-state index contributed by atoms with van der Waals surface area (Å²) < 4.78 is 11.0. The summed E-state index contributed by atoms with van der Waals surface area (Å²) in [6.07, 6.45) is 3.86. The normalized spacial score (nSPS) is 22.3. The Morgan fingerprint density at radius 3 is 2.62 bits per heavy atom. The number of aromatic amines is 1. The second-order valence-electron chi connectivity index (χ2n) is 5.15. The van der Waals surface area contributed by atoms with E-state index in [4.69, 9.17) is 4.74 Å². The Morgan fingerprint density at radius 2 is 2.08 bits per heavy atom. The molecule has 3 rings (SSSR count). The predicted octanol–water partition coefficient (Wildman–Crippen LogP) is 3.00. The fraction of sp³-hybridized carbons (Fsp3) is 0.688. The van der Waals surface area contributed by atoms with Gasteiger partial charge in [0.25, 0.3) is 0 Å². The van der Waals surface area contributed by atoms with Crippen LogP contribution >= 0.6 is 0 Å². The Labute approximate surface area is 159 Å². The van der Waals surface area contributed by atoms with Crippen LogP contribution in [0.15, 0.2) is 11.1 Å². The average Bonchev–Trinajstić information content (AvgIpc) is 3.21. The Hall–Kier alpha value is -0.968. The molecule has 1 aliphatic heterocycles. The van der Waals surface area contributed by atoms with Crippen molar-refractivity contribution in [1.82, 2.24) is 19.5 Å². The fourth-order valence-electron chi connectivity index (χ4n) is 2.70. The number of hydrogen-bond acceptors (Lipinski definition) is 5. The van der Waals surface area contributed by atoms with Crippen molar-refractivity contribution in [1.29, 1.82) is 0 Å². The third kappa shape index (κ3) is 4.35. The third-order valence-corrected chi connectivity index (χ3v) is 4.81. The zero-order chi connectivity index (χ0) is 18.3. The number of aromatic nitrogens is 4. The van der Waals surface area contributed by atoms with Crippen molar-refractivity contribution >= 4 is 43.2 Å². The number of rotatable bonds is 3. The minimum atomic E-state index is -0.213. The summed E-state index contributed by atoms with van der Waals surface area (Å²) in [6, 6.07) is 0. The van der Waals surface area contributed by atoms with E-state index in [0.717, 1.165) is 12.8 Å². The maximum atomic E-state index is 12.0. The molecular weight excluding hydrogens is 499 g/mol.